The van der Waals surface area contributed by atoms with Crippen LogP contribution in [-0.2, 0) is 0 Å². The highest BCUT2D eigenvalue weighted by Gasteiger charge is 2.29. The highest BCUT2D eigenvalue weighted by molar-refractivity contribution is 5.82. The van der Waals surface area contributed by atoms with Crippen molar-refractivity contribution in [2.24, 2.45) is 28.6 Å². The summed E-state index contributed by atoms with van der Waals surface area (Å²) < 4.78 is 0. The van der Waals surface area contributed by atoms with Gasteiger partial charge in [0, 0.05) is 18.5 Å². The van der Waals surface area contributed by atoms with Gasteiger partial charge in [-0.1, -0.05) is 25.9 Å². The summed E-state index contributed by atoms with van der Waals surface area (Å²) in [6.45, 7) is 7.35. The maximum absolute atomic E-state index is 8.53. The Kier molecular flexibility index (Phi) is 4.39. The number of rotatable bonds is 4. The van der Waals surface area contributed by atoms with Gasteiger partial charge in [-0.05, 0) is 24.7 Å². The fourth-order valence-corrected chi connectivity index (χ4v) is 2.18. The maximum Gasteiger partial charge on any atom is 0.143 e. The van der Waals surface area contributed by atoms with Crippen molar-refractivity contribution in [2.45, 2.75) is 39.7 Å². The van der Waals surface area contributed by atoms with Crippen LogP contribution in [0.1, 0.15) is 33.6 Å². The van der Waals surface area contributed by atoms with Crippen LogP contribution >= 0.6 is 0 Å². The van der Waals surface area contributed by atoms with Gasteiger partial charge in [0.15, 0.2) is 0 Å². The summed E-state index contributed by atoms with van der Waals surface area (Å²) in [5.74, 6) is 1.94. The number of nitrogens with zero attached hydrogens (tertiary/aromatic N) is 1. The molecule has 1 aliphatic rings. The first kappa shape index (κ1) is 12.3. The van der Waals surface area contributed by atoms with E-state index in [0.29, 0.717) is 11.9 Å². The van der Waals surface area contributed by atoms with Gasteiger partial charge in [-0.25, -0.2) is 0 Å². The lowest BCUT2D eigenvalue weighted by Gasteiger charge is -2.21. The molecule has 15 heavy (non-hydrogen) atoms. The Bertz CT molecular complexity index is 230. The topological polar surface area (TPSA) is 70.6 Å². The van der Waals surface area contributed by atoms with Crippen LogP contribution in [0.5, 0.6) is 0 Å². The van der Waals surface area contributed by atoms with Crippen LogP contribution in [0.4, 0.5) is 0 Å². The lowest BCUT2D eigenvalue weighted by atomic mass is 9.97. The summed E-state index contributed by atoms with van der Waals surface area (Å²) in [5, 5.41) is 15.1. The fraction of sp³-hybridized carbons (Fsp3) is 0.909. The molecule has 0 saturated heterocycles. The van der Waals surface area contributed by atoms with E-state index in [1.807, 2.05) is 6.92 Å². The number of hydrogen-bond acceptors (Lipinski definition) is 3. The molecule has 88 valence electrons. The van der Waals surface area contributed by atoms with Crippen LogP contribution < -0.4 is 11.1 Å². The van der Waals surface area contributed by atoms with Crippen molar-refractivity contribution < 1.29 is 5.21 Å². The Labute approximate surface area is 91.9 Å². The molecule has 0 amide bonds. The van der Waals surface area contributed by atoms with Crippen LogP contribution in [0, 0.1) is 17.8 Å². The molecule has 0 aromatic carbocycles. The molecular weight excluding hydrogens is 190 g/mol. The average molecular weight is 213 g/mol. The third-order valence-electron chi connectivity index (χ3n) is 3.77. The van der Waals surface area contributed by atoms with Gasteiger partial charge >= 0.3 is 0 Å². The molecule has 0 aromatic rings. The van der Waals surface area contributed by atoms with Crippen molar-refractivity contribution in [3.63, 3.8) is 0 Å². The zero-order valence-corrected chi connectivity index (χ0v) is 9.90. The molecular formula is C11H23N3O. The molecule has 4 nitrogen and oxygen atoms in total. The quantitative estimate of drug-likeness (QED) is 0.286. The number of nitrogens with one attached hydrogen (secondary N) is 1. The van der Waals surface area contributed by atoms with Gasteiger partial charge in [0.2, 0.25) is 0 Å². The Morgan fingerprint density at radius 3 is 2.67 bits per heavy atom. The largest absolute Gasteiger partial charge is 0.409 e. The standard InChI is InChI=1S/C11H23N3O/c1-7-4-5-10(9(7)3)13-6-8(2)11(12)14-15/h7-10,13,15H,4-6H2,1-3H3,(H2,12,14). The lowest BCUT2D eigenvalue weighted by molar-refractivity contribution is 0.312. The van der Waals surface area contributed by atoms with Gasteiger partial charge in [-0.3, -0.25) is 0 Å². The molecule has 4 N–H and O–H groups in total. The first-order chi connectivity index (χ1) is 7.06. The van der Waals surface area contributed by atoms with Crippen molar-refractivity contribution in [3.8, 4) is 0 Å². The molecule has 0 heterocycles. The molecule has 0 aliphatic heterocycles. The lowest BCUT2D eigenvalue weighted by Crippen LogP contribution is -2.39. The van der Waals surface area contributed by atoms with Gasteiger partial charge in [-0.15, -0.1) is 0 Å². The Morgan fingerprint density at radius 1 is 1.53 bits per heavy atom. The maximum atomic E-state index is 8.53. The molecule has 4 atom stereocenters. The van der Waals surface area contributed by atoms with Crippen molar-refractivity contribution in [1.29, 1.82) is 0 Å². The van der Waals surface area contributed by atoms with E-state index in [9.17, 15) is 0 Å². The van der Waals surface area contributed by atoms with E-state index in [2.05, 4.69) is 24.3 Å². The molecule has 1 rings (SSSR count). The minimum atomic E-state index is 0.0955. The molecule has 1 fully saturated rings. The fourth-order valence-electron chi connectivity index (χ4n) is 2.18. The molecule has 0 spiro atoms. The third-order valence-corrected chi connectivity index (χ3v) is 3.77. The highest BCUT2D eigenvalue weighted by Crippen LogP contribution is 2.30. The van der Waals surface area contributed by atoms with Gasteiger partial charge in [0.05, 0.1) is 0 Å². The Balaban J connectivity index is 2.32. The van der Waals surface area contributed by atoms with Crippen molar-refractivity contribution in [3.05, 3.63) is 0 Å². The van der Waals surface area contributed by atoms with E-state index >= 15 is 0 Å². The van der Waals surface area contributed by atoms with Crippen molar-refractivity contribution >= 4 is 5.84 Å². The summed E-state index contributed by atoms with van der Waals surface area (Å²) in [6, 6.07) is 0.592. The zero-order valence-electron chi connectivity index (χ0n) is 9.90. The first-order valence-electron chi connectivity index (χ1n) is 5.77. The average Bonchev–Trinajstić information content (AvgIpc) is 2.55. The van der Waals surface area contributed by atoms with Gasteiger partial charge in [0.25, 0.3) is 0 Å². The summed E-state index contributed by atoms with van der Waals surface area (Å²) in [7, 11) is 0. The molecule has 4 heteroatoms. The predicted molar refractivity (Wildman–Crippen MR) is 61.9 cm³/mol. The molecule has 1 saturated carbocycles. The van der Waals surface area contributed by atoms with E-state index < -0.39 is 0 Å². The van der Waals surface area contributed by atoms with Crippen LogP contribution in [0.15, 0.2) is 5.16 Å². The Morgan fingerprint density at radius 2 is 2.20 bits per heavy atom. The van der Waals surface area contributed by atoms with Crippen LogP contribution in [-0.4, -0.2) is 23.6 Å². The molecule has 1 aliphatic carbocycles. The minimum absolute atomic E-state index is 0.0955. The molecule has 0 bridgehead atoms. The summed E-state index contributed by atoms with van der Waals surface area (Å²) in [5.41, 5.74) is 5.52. The highest BCUT2D eigenvalue weighted by atomic mass is 16.4. The van der Waals surface area contributed by atoms with Crippen molar-refractivity contribution in [1.82, 2.24) is 5.32 Å². The molecule has 4 unspecified atom stereocenters. The molecule has 0 radical (unpaired) electrons. The number of nitrogens with two attached hydrogens (primary N) is 1. The number of oxime groups is 1. The van der Waals surface area contributed by atoms with E-state index in [1.165, 1.54) is 12.8 Å². The summed E-state index contributed by atoms with van der Waals surface area (Å²) in [4.78, 5) is 0. The van der Waals surface area contributed by atoms with E-state index in [-0.39, 0.29) is 5.92 Å². The second-order valence-corrected chi connectivity index (χ2v) is 4.85. The van der Waals surface area contributed by atoms with Crippen molar-refractivity contribution in [2.75, 3.05) is 6.54 Å². The van der Waals surface area contributed by atoms with Crippen LogP contribution in [0.25, 0.3) is 0 Å². The predicted octanol–water partition coefficient (Wildman–Crippen LogP) is 1.39. The monoisotopic (exact) mass is 213 g/mol. The van der Waals surface area contributed by atoms with Crippen LogP contribution in [0.3, 0.4) is 0 Å². The normalized spacial score (nSPS) is 34.3. The summed E-state index contributed by atoms with van der Waals surface area (Å²) in [6.07, 6.45) is 2.54. The van der Waals surface area contributed by atoms with Crippen LogP contribution in [0.2, 0.25) is 0 Å². The van der Waals surface area contributed by atoms with Gasteiger partial charge in [0.1, 0.15) is 5.84 Å². The van der Waals surface area contributed by atoms with Gasteiger partial charge < -0.3 is 16.3 Å². The summed E-state index contributed by atoms with van der Waals surface area (Å²) >= 11 is 0. The second-order valence-electron chi connectivity index (χ2n) is 4.85. The van der Waals surface area contributed by atoms with Gasteiger partial charge in [-0.2, -0.15) is 0 Å². The SMILES string of the molecule is CC(CNC1CCC(C)C1C)C(N)=NO. The second kappa shape index (κ2) is 5.35. The number of amidine groups is 1. The van der Waals surface area contributed by atoms with E-state index in [1.54, 1.807) is 0 Å². The smallest absolute Gasteiger partial charge is 0.143 e. The number of hydrogen-bond donors (Lipinski definition) is 3. The first-order valence-corrected chi connectivity index (χ1v) is 5.77. The molecule has 0 aromatic heterocycles. The third kappa shape index (κ3) is 3.09. The Hall–Kier alpha value is -0.770. The van der Waals surface area contributed by atoms with E-state index in [0.717, 1.165) is 18.4 Å². The van der Waals surface area contributed by atoms with E-state index in [4.69, 9.17) is 10.9 Å². The minimum Gasteiger partial charge on any atom is -0.409 e. The zero-order chi connectivity index (χ0) is 11.4.